The molecule has 0 saturated carbocycles. The quantitative estimate of drug-likeness (QED) is 0.326. The van der Waals surface area contributed by atoms with Crippen LogP contribution in [0.1, 0.15) is 50.2 Å². The van der Waals surface area contributed by atoms with E-state index < -0.39 is 0 Å². The predicted octanol–water partition coefficient (Wildman–Crippen LogP) is 3.58. The Morgan fingerprint density at radius 1 is 1.10 bits per heavy atom. The third kappa shape index (κ3) is 8.14. The predicted molar refractivity (Wildman–Crippen MR) is 136 cm³/mol. The zero-order valence-corrected chi connectivity index (χ0v) is 21.3. The fraction of sp³-hybridized carbons (Fsp3) is 0.652. The van der Waals surface area contributed by atoms with Gasteiger partial charge in [-0.05, 0) is 56.8 Å². The van der Waals surface area contributed by atoms with Gasteiger partial charge in [0, 0.05) is 39.3 Å². The molecule has 1 aromatic rings. The molecule has 2 saturated heterocycles. The van der Waals surface area contributed by atoms with Gasteiger partial charge in [0.15, 0.2) is 5.96 Å². The van der Waals surface area contributed by atoms with E-state index in [1.54, 1.807) is 4.90 Å². The van der Waals surface area contributed by atoms with Crippen molar-refractivity contribution < 1.29 is 9.53 Å². The highest BCUT2D eigenvalue weighted by Gasteiger charge is 2.24. The molecule has 2 fully saturated rings. The molecule has 31 heavy (non-hydrogen) atoms. The number of carbonyl (C=O) groups excluding carboxylic acids is 1. The molecule has 0 atom stereocenters. The Morgan fingerprint density at radius 3 is 2.42 bits per heavy atom. The van der Waals surface area contributed by atoms with Crippen LogP contribution in [0.3, 0.4) is 0 Å². The average molecular weight is 543 g/mol. The van der Waals surface area contributed by atoms with Crippen LogP contribution in [-0.2, 0) is 17.8 Å². The second-order valence-electron chi connectivity index (χ2n) is 8.14. The lowest BCUT2D eigenvalue weighted by molar-refractivity contribution is 0.0963. The molecule has 7 nitrogen and oxygen atoms in total. The molecule has 0 radical (unpaired) electrons. The van der Waals surface area contributed by atoms with Crippen LogP contribution in [0.2, 0.25) is 0 Å². The number of amides is 1. The van der Waals surface area contributed by atoms with E-state index in [1.807, 2.05) is 14.0 Å². The molecule has 8 heteroatoms. The van der Waals surface area contributed by atoms with Crippen molar-refractivity contribution in [3.05, 3.63) is 35.4 Å². The van der Waals surface area contributed by atoms with Crippen LogP contribution in [-0.4, -0.2) is 67.7 Å². The summed E-state index contributed by atoms with van der Waals surface area (Å²) < 4.78 is 5.10. The standard InChI is InChI=1S/C23H37N5O2.HI/c1-3-30-23(29)28-15-11-21(12-16-28)26-22(24-2)25-17-19-9-5-6-10-20(19)18-27-13-7-4-8-14-27;/h5-6,9-10,21H,3-4,7-8,11-18H2,1-2H3,(H2,24,25,26);1H. The highest BCUT2D eigenvalue weighted by atomic mass is 127. The smallest absolute Gasteiger partial charge is 0.409 e. The van der Waals surface area contributed by atoms with Gasteiger partial charge in [-0.15, -0.1) is 24.0 Å². The molecule has 0 bridgehead atoms. The minimum Gasteiger partial charge on any atom is -0.450 e. The lowest BCUT2D eigenvalue weighted by atomic mass is 10.0. The molecule has 1 aromatic carbocycles. The van der Waals surface area contributed by atoms with Crippen LogP contribution in [0, 0.1) is 0 Å². The zero-order chi connectivity index (χ0) is 21.2. The minimum atomic E-state index is -0.205. The molecular weight excluding hydrogens is 505 g/mol. The third-order valence-corrected chi connectivity index (χ3v) is 5.99. The number of hydrogen-bond donors (Lipinski definition) is 2. The Morgan fingerprint density at radius 2 is 1.77 bits per heavy atom. The van der Waals surface area contributed by atoms with Crippen molar-refractivity contribution in [1.82, 2.24) is 20.4 Å². The Balaban J connectivity index is 0.00000341. The maximum Gasteiger partial charge on any atom is 0.409 e. The number of aliphatic imine (C=N–C) groups is 1. The highest BCUT2D eigenvalue weighted by molar-refractivity contribution is 14.0. The first kappa shape index (κ1) is 25.7. The number of rotatable bonds is 6. The number of halogens is 1. The van der Waals surface area contributed by atoms with Crippen LogP contribution in [0.25, 0.3) is 0 Å². The first-order chi connectivity index (χ1) is 14.7. The van der Waals surface area contributed by atoms with Gasteiger partial charge in [-0.1, -0.05) is 30.7 Å². The van der Waals surface area contributed by atoms with E-state index >= 15 is 0 Å². The molecule has 0 spiro atoms. The van der Waals surface area contributed by atoms with Gasteiger partial charge in [-0.2, -0.15) is 0 Å². The van der Waals surface area contributed by atoms with Crippen LogP contribution in [0.15, 0.2) is 29.3 Å². The van der Waals surface area contributed by atoms with E-state index in [0.29, 0.717) is 25.7 Å². The first-order valence-corrected chi connectivity index (χ1v) is 11.4. The average Bonchev–Trinajstić information content (AvgIpc) is 2.79. The summed E-state index contributed by atoms with van der Waals surface area (Å²) in [5.74, 6) is 0.817. The van der Waals surface area contributed by atoms with Crippen LogP contribution in [0.5, 0.6) is 0 Å². The van der Waals surface area contributed by atoms with Gasteiger partial charge >= 0.3 is 6.09 Å². The number of nitrogens with zero attached hydrogens (tertiary/aromatic N) is 3. The van der Waals surface area contributed by atoms with Crippen molar-refractivity contribution in [3.63, 3.8) is 0 Å². The molecular formula is C23H38IN5O2. The summed E-state index contributed by atoms with van der Waals surface area (Å²) in [5.41, 5.74) is 2.72. The Labute approximate surface area is 204 Å². The molecule has 3 rings (SSSR count). The molecule has 2 aliphatic heterocycles. The number of nitrogens with one attached hydrogen (secondary N) is 2. The van der Waals surface area contributed by atoms with Crippen LogP contribution in [0.4, 0.5) is 4.79 Å². The zero-order valence-electron chi connectivity index (χ0n) is 18.9. The maximum absolute atomic E-state index is 11.9. The van der Waals surface area contributed by atoms with Gasteiger partial charge in [0.25, 0.3) is 0 Å². The van der Waals surface area contributed by atoms with Gasteiger partial charge in [-0.3, -0.25) is 9.89 Å². The molecule has 2 N–H and O–H groups in total. The van der Waals surface area contributed by atoms with Crippen molar-refractivity contribution in [2.24, 2.45) is 4.99 Å². The van der Waals surface area contributed by atoms with Crippen molar-refractivity contribution in [1.29, 1.82) is 0 Å². The minimum absolute atomic E-state index is 0. The van der Waals surface area contributed by atoms with Crippen molar-refractivity contribution in [2.75, 3.05) is 39.8 Å². The van der Waals surface area contributed by atoms with Gasteiger partial charge in [0.1, 0.15) is 0 Å². The number of piperidine rings is 2. The normalized spacial score (nSPS) is 18.3. The Bertz CT molecular complexity index is 701. The third-order valence-electron chi connectivity index (χ3n) is 5.99. The number of hydrogen-bond acceptors (Lipinski definition) is 4. The van der Waals surface area contributed by atoms with Crippen molar-refractivity contribution in [3.8, 4) is 0 Å². The monoisotopic (exact) mass is 543 g/mol. The number of carbonyl (C=O) groups is 1. The van der Waals surface area contributed by atoms with E-state index in [2.05, 4.69) is 44.8 Å². The second-order valence-corrected chi connectivity index (χ2v) is 8.14. The van der Waals surface area contributed by atoms with Gasteiger partial charge in [0.2, 0.25) is 0 Å². The molecule has 2 aliphatic rings. The van der Waals surface area contributed by atoms with E-state index in [0.717, 1.165) is 31.9 Å². The lowest BCUT2D eigenvalue weighted by Gasteiger charge is -2.32. The van der Waals surface area contributed by atoms with E-state index in [-0.39, 0.29) is 30.1 Å². The number of guanidine groups is 1. The molecule has 0 unspecified atom stereocenters. The maximum atomic E-state index is 11.9. The SMILES string of the molecule is CCOC(=O)N1CCC(NC(=NC)NCc2ccccc2CN2CCCCC2)CC1.I. The fourth-order valence-electron chi connectivity index (χ4n) is 4.23. The second kappa shape index (κ2) is 13.8. The van der Waals surface area contributed by atoms with E-state index in [4.69, 9.17) is 4.74 Å². The van der Waals surface area contributed by atoms with Crippen LogP contribution >= 0.6 is 24.0 Å². The number of likely N-dealkylation sites (tertiary alicyclic amines) is 2. The Hall–Kier alpha value is -1.55. The van der Waals surface area contributed by atoms with E-state index in [9.17, 15) is 4.79 Å². The number of ether oxygens (including phenoxy) is 1. The van der Waals surface area contributed by atoms with Gasteiger partial charge < -0.3 is 20.3 Å². The summed E-state index contributed by atoms with van der Waals surface area (Å²) in [6, 6.07) is 9.00. The van der Waals surface area contributed by atoms with E-state index in [1.165, 1.54) is 43.5 Å². The summed E-state index contributed by atoms with van der Waals surface area (Å²) >= 11 is 0. The fourth-order valence-corrected chi connectivity index (χ4v) is 4.23. The molecule has 1 amide bonds. The Kier molecular flexibility index (Phi) is 11.4. The number of benzene rings is 1. The lowest BCUT2D eigenvalue weighted by Crippen LogP contribution is -2.49. The van der Waals surface area contributed by atoms with Gasteiger partial charge in [0.05, 0.1) is 6.61 Å². The van der Waals surface area contributed by atoms with Crippen LogP contribution < -0.4 is 10.6 Å². The summed E-state index contributed by atoms with van der Waals surface area (Å²) in [4.78, 5) is 20.6. The summed E-state index contributed by atoms with van der Waals surface area (Å²) in [6.07, 6.45) is 5.57. The van der Waals surface area contributed by atoms with Crippen molar-refractivity contribution in [2.45, 2.75) is 58.2 Å². The largest absolute Gasteiger partial charge is 0.450 e. The highest BCUT2D eigenvalue weighted by Crippen LogP contribution is 2.16. The molecule has 0 aromatic heterocycles. The topological polar surface area (TPSA) is 69.2 Å². The summed E-state index contributed by atoms with van der Waals surface area (Å²) in [5, 5.41) is 7.00. The van der Waals surface area contributed by atoms with Gasteiger partial charge in [-0.25, -0.2) is 4.79 Å². The summed E-state index contributed by atoms with van der Waals surface area (Å²) in [6.45, 7) is 7.88. The molecule has 0 aliphatic carbocycles. The molecule has 2 heterocycles. The molecule has 174 valence electrons. The first-order valence-electron chi connectivity index (χ1n) is 11.4. The summed E-state index contributed by atoms with van der Waals surface area (Å²) in [7, 11) is 1.81. The van der Waals surface area contributed by atoms with Crippen molar-refractivity contribution >= 4 is 36.0 Å².